The maximum absolute atomic E-state index is 12.2. The molecule has 3 aromatic heterocycles. The van der Waals surface area contributed by atoms with Crippen molar-refractivity contribution in [3.63, 3.8) is 0 Å². The lowest BCUT2D eigenvalue weighted by atomic mass is 10.2. The van der Waals surface area contributed by atoms with E-state index in [1.54, 1.807) is 12.3 Å². The fourth-order valence-corrected chi connectivity index (χ4v) is 2.50. The zero-order valence-electron chi connectivity index (χ0n) is 13.9. The number of carbonyl (C=O) groups excluding carboxylic acids is 1. The highest BCUT2D eigenvalue weighted by molar-refractivity contribution is 6.31. The Labute approximate surface area is 156 Å². The highest BCUT2D eigenvalue weighted by atomic mass is 35.5. The van der Waals surface area contributed by atoms with E-state index in [0.717, 1.165) is 5.39 Å². The first-order valence-corrected chi connectivity index (χ1v) is 8.17. The Morgan fingerprint density at radius 3 is 2.85 bits per heavy atom. The Morgan fingerprint density at radius 2 is 2.11 bits per heavy atom. The van der Waals surface area contributed by atoms with Crippen LogP contribution in [-0.4, -0.2) is 44.6 Å². The molecule has 27 heavy (non-hydrogen) atoms. The van der Waals surface area contributed by atoms with Crippen LogP contribution in [0.4, 0.5) is 19.0 Å². The topological polar surface area (TPSA) is 95.6 Å². The molecule has 0 unspecified atom stereocenters. The van der Waals surface area contributed by atoms with E-state index in [1.807, 2.05) is 0 Å². The Kier molecular flexibility index (Phi) is 5.29. The summed E-state index contributed by atoms with van der Waals surface area (Å²) < 4.78 is 36.7. The first-order valence-electron chi connectivity index (χ1n) is 7.79. The molecule has 7 nitrogen and oxygen atoms in total. The number of nitrogens with zero attached hydrogens (tertiary/aromatic N) is 3. The molecule has 0 saturated heterocycles. The highest BCUT2D eigenvalue weighted by Crippen LogP contribution is 2.28. The van der Waals surface area contributed by atoms with E-state index in [1.165, 1.54) is 25.5 Å². The number of pyridine rings is 1. The second-order valence-electron chi connectivity index (χ2n) is 5.75. The number of fused-ring (bicyclic) bond motifs is 1. The minimum atomic E-state index is -4.40. The van der Waals surface area contributed by atoms with Crippen LogP contribution in [-0.2, 0) is 4.79 Å². The molecular formula is C16H14ClF3N6O. The SMILES string of the molecule is C[C@H](NCC(F)(F)F)C(=O)Nc1cncc(-c2c[nH]c3ncc(Cl)cc23)n1. The van der Waals surface area contributed by atoms with Gasteiger partial charge in [-0.2, -0.15) is 13.2 Å². The summed E-state index contributed by atoms with van der Waals surface area (Å²) in [6.45, 7) is 0.0576. The van der Waals surface area contributed by atoms with Gasteiger partial charge >= 0.3 is 6.18 Å². The fourth-order valence-electron chi connectivity index (χ4n) is 2.34. The molecule has 3 rings (SSSR count). The molecule has 142 valence electrons. The van der Waals surface area contributed by atoms with Gasteiger partial charge in [0.25, 0.3) is 0 Å². The zero-order valence-corrected chi connectivity index (χ0v) is 14.7. The Balaban J connectivity index is 1.77. The normalized spacial score (nSPS) is 12.9. The van der Waals surface area contributed by atoms with Crippen molar-refractivity contribution in [2.45, 2.75) is 19.1 Å². The number of rotatable bonds is 5. The van der Waals surface area contributed by atoms with Crippen molar-refractivity contribution in [3.05, 3.63) is 35.9 Å². The van der Waals surface area contributed by atoms with E-state index in [2.05, 4.69) is 30.6 Å². The number of H-pyrrole nitrogens is 1. The number of aromatic amines is 1. The van der Waals surface area contributed by atoms with Crippen molar-refractivity contribution in [2.24, 2.45) is 0 Å². The second-order valence-corrected chi connectivity index (χ2v) is 6.19. The van der Waals surface area contributed by atoms with E-state index in [9.17, 15) is 18.0 Å². The van der Waals surface area contributed by atoms with Crippen LogP contribution in [0, 0.1) is 0 Å². The first kappa shape index (κ1) is 19.1. The molecule has 0 aliphatic carbocycles. The van der Waals surface area contributed by atoms with E-state index < -0.39 is 24.7 Å². The average molecular weight is 399 g/mol. The average Bonchev–Trinajstić information content (AvgIpc) is 3.02. The van der Waals surface area contributed by atoms with Crippen LogP contribution in [0.3, 0.4) is 0 Å². The maximum Gasteiger partial charge on any atom is 0.401 e. The largest absolute Gasteiger partial charge is 0.401 e. The standard InChI is InChI=1S/C16H14ClF3N6O/c1-8(24-7-16(18,19)20)15(27)26-13-6-21-5-12(25-13)11-4-23-14-10(11)2-9(17)3-22-14/h2-6,8,24H,7H2,1H3,(H,22,23)(H,25,26,27)/t8-/m0/s1. The van der Waals surface area contributed by atoms with Crippen LogP contribution in [0.2, 0.25) is 5.02 Å². The summed E-state index contributed by atoms with van der Waals surface area (Å²) in [7, 11) is 0. The van der Waals surface area contributed by atoms with E-state index >= 15 is 0 Å². The Hall–Kier alpha value is -2.72. The number of hydrogen-bond donors (Lipinski definition) is 3. The number of amides is 1. The first-order chi connectivity index (χ1) is 12.7. The number of nitrogens with one attached hydrogen (secondary N) is 3. The Bertz CT molecular complexity index is 974. The van der Waals surface area contributed by atoms with Crippen LogP contribution in [0.15, 0.2) is 30.9 Å². The third-order valence-electron chi connectivity index (χ3n) is 3.66. The maximum atomic E-state index is 12.2. The van der Waals surface area contributed by atoms with Crippen molar-refractivity contribution in [2.75, 3.05) is 11.9 Å². The predicted octanol–water partition coefficient (Wildman–Crippen LogP) is 3.15. The molecule has 0 aromatic carbocycles. The summed E-state index contributed by atoms with van der Waals surface area (Å²) in [6, 6.07) is 0.652. The van der Waals surface area contributed by atoms with Gasteiger partial charge in [-0.15, -0.1) is 0 Å². The smallest absolute Gasteiger partial charge is 0.345 e. The second kappa shape index (κ2) is 7.49. The van der Waals surface area contributed by atoms with Gasteiger partial charge < -0.3 is 10.3 Å². The monoisotopic (exact) mass is 398 g/mol. The summed E-state index contributed by atoms with van der Waals surface area (Å²) in [6.07, 6.45) is 1.57. The van der Waals surface area contributed by atoms with Crippen molar-refractivity contribution in [1.82, 2.24) is 25.3 Å². The number of hydrogen-bond acceptors (Lipinski definition) is 5. The minimum absolute atomic E-state index is 0.113. The van der Waals surface area contributed by atoms with Gasteiger partial charge in [0.1, 0.15) is 5.65 Å². The quantitative estimate of drug-likeness (QED) is 0.613. The molecular weight excluding hydrogens is 385 g/mol. The molecule has 3 aromatic rings. The summed E-state index contributed by atoms with van der Waals surface area (Å²) >= 11 is 5.98. The van der Waals surface area contributed by atoms with Gasteiger partial charge in [0.15, 0.2) is 5.82 Å². The molecule has 0 aliphatic rings. The van der Waals surface area contributed by atoms with Crippen LogP contribution in [0.1, 0.15) is 6.92 Å². The van der Waals surface area contributed by atoms with Gasteiger partial charge in [-0.1, -0.05) is 11.6 Å². The molecule has 1 atom stereocenters. The molecule has 1 amide bonds. The molecule has 3 heterocycles. The van der Waals surface area contributed by atoms with E-state index in [4.69, 9.17) is 11.6 Å². The predicted molar refractivity (Wildman–Crippen MR) is 94.3 cm³/mol. The summed E-state index contributed by atoms with van der Waals surface area (Å²) in [5.41, 5.74) is 1.72. The van der Waals surface area contributed by atoms with Crippen molar-refractivity contribution in [1.29, 1.82) is 0 Å². The van der Waals surface area contributed by atoms with Crippen molar-refractivity contribution in [3.8, 4) is 11.3 Å². The third kappa shape index (κ3) is 4.72. The van der Waals surface area contributed by atoms with Gasteiger partial charge in [0.05, 0.1) is 35.7 Å². The zero-order chi connectivity index (χ0) is 19.6. The molecule has 3 N–H and O–H groups in total. The van der Waals surface area contributed by atoms with Crippen LogP contribution < -0.4 is 10.6 Å². The lowest BCUT2D eigenvalue weighted by Gasteiger charge is -2.15. The summed E-state index contributed by atoms with van der Waals surface area (Å²) in [5.74, 6) is -0.545. The van der Waals surface area contributed by atoms with Gasteiger partial charge in [-0.3, -0.25) is 15.1 Å². The summed E-state index contributed by atoms with van der Waals surface area (Å²) in [5, 5.41) is 5.72. The van der Waals surface area contributed by atoms with Crippen LogP contribution >= 0.6 is 11.6 Å². The van der Waals surface area contributed by atoms with Crippen LogP contribution in [0.5, 0.6) is 0 Å². The van der Waals surface area contributed by atoms with Gasteiger partial charge in [0.2, 0.25) is 5.91 Å². The lowest BCUT2D eigenvalue weighted by Crippen LogP contribution is -2.42. The number of halogens is 4. The summed E-state index contributed by atoms with van der Waals surface area (Å²) in [4.78, 5) is 27.5. The van der Waals surface area contributed by atoms with E-state index in [-0.39, 0.29) is 5.82 Å². The number of aromatic nitrogens is 4. The molecule has 0 spiro atoms. The van der Waals surface area contributed by atoms with Gasteiger partial charge in [-0.05, 0) is 13.0 Å². The Morgan fingerprint density at radius 1 is 1.33 bits per heavy atom. The van der Waals surface area contributed by atoms with Crippen molar-refractivity contribution >= 4 is 34.4 Å². The number of carbonyl (C=O) groups is 1. The van der Waals surface area contributed by atoms with Crippen molar-refractivity contribution < 1.29 is 18.0 Å². The lowest BCUT2D eigenvalue weighted by molar-refractivity contribution is -0.129. The minimum Gasteiger partial charge on any atom is -0.345 e. The molecule has 0 fully saturated rings. The number of alkyl halides is 3. The third-order valence-corrected chi connectivity index (χ3v) is 3.87. The number of anilines is 1. The molecule has 0 aliphatic heterocycles. The molecule has 0 bridgehead atoms. The fraction of sp³-hybridized carbons (Fsp3) is 0.250. The molecule has 0 saturated carbocycles. The van der Waals surface area contributed by atoms with Gasteiger partial charge in [0, 0.05) is 23.3 Å². The highest BCUT2D eigenvalue weighted by Gasteiger charge is 2.28. The van der Waals surface area contributed by atoms with E-state index in [0.29, 0.717) is 21.9 Å². The van der Waals surface area contributed by atoms with Crippen LogP contribution in [0.25, 0.3) is 22.3 Å². The molecule has 11 heteroatoms. The van der Waals surface area contributed by atoms with Gasteiger partial charge in [-0.25, -0.2) is 9.97 Å². The molecule has 0 radical (unpaired) electrons.